The fourth-order valence-corrected chi connectivity index (χ4v) is 5.71. The van der Waals surface area contributed by atoms with Gasteiger partial charge in [-0.05, 0) is 50.4 Å². The van der Waals surface area contributed by atoms with E-state index in [2.05, 4.69) is 10.00 Å². The Morgan fingerprint density at radius 1 is 1.11 bits per heavy atom. The summed E-state index contributed by atoms with van der Waals surface area (Å²) in [5.41, 5.74) is 1.87. The van der Waals surface area contributed by atoms with Crippen molar-refractivity contribution in [3.05, 3.63) is 17.5 Å². The first kappa shape index (κ1) is 19.5. The van der Waals surface area contributed by atoms with Gasteiger partial charge in [0.25, 0.3) is 5.91 Å². The quantitative estimate of drug-likeness (QED) is 0.799. The summed E-state index contributed by atoms with van der Waals surface area (Å²) in [5.74, 6) is 0.875. The Morgan fingerprint density at radius 2 is 1.82 bits per heavy atom. The number of aryl methyl sites for hydroxylation is 1. The predicted molar refractivity (Wildman–Crippen MR) is 108 cm³/mol. The van der Waals surface area contributed by atoms with E-state index in [0.29, 0.717) is 18.2 Å². The Kier molecular flexibility index (Phi) is 5.48. The lowest BCUT2D eigenvalue weighted by molar-refractivity contribution is -0.130. The molecule has 2 saturated heterocycles. The molecule has 1 spiro atoms. The minimum atomic E-state index is 0.115. The van der Waals surface area contributed by atoms with Crippen LogP contribution in [-0.4, -0.2) is 57.6 Å². The van der Waals surface area contributed by atoms with Crippen molar-refractivity contribution in [2.24, 2.45) is 18.4 Å². The van der Waals surface area contributed by atoms with Gasteiger partial charge in [0.05, 0.1) is 11.8 Å². The molecule has 6 nitrogen and oxygen atoms in total. The average molecular weight is 387 g/mol. The fraction of sp³-hybridized carbons (Fsp3) is 0.773. The largest absolute Gasteiger partial charge is 0.343 e. The second-order valence-electron chi connectivity index (χ2n) is 9.20. The number of carbonyl (C=O) groups excluding carboxylic acids is 2. The van der Waals surface area contributed by atoms with E-state index in [1.54, 1.807) is 10.9 Å². The Bertz CT molecular complexity index is 729. The van der Waals surface area contributed by atoms with E-state index in [9.17, 15) is 9.59 Å². The molecular formula is C22H34N4O2. The van der Waals surface area contributed by atoms with Crippen molar-refractivity contribution in [2.45, 2.75) is 64.7 Å². The number of carbonyl (C=O) groups is 2. The lowest BCUT2D eigenvalue weighted by atomic mass is 9.66. The molecule has 0 N–H and O–H groups in total. The van der Waals surface area contributed by atoms with E-state index in [4.69, 9.17) is 0 Å². The second-order valence-corrected chi connectivity index (χ2v) is 9.20. The minimum Gasteiger partial charge on any atom is -0.343 e. The maximum Gasteiger partial charge on any atom is 0.257 e. The lowest BCUT2D eigenvalue weighted by Crippen LogP contribution is -2.35. The van der Waals surface area contributed by atoms with Gasteiger partial charge in [0.2, 0.25) is 5.91 Å². The molecule has 1 aromatic heterocycles. The molecule has 3 fully saturated rings. The molecule has 1 atom stereocenters. The maximum atomic E-state index is 13.2. The van der Waals surface area contributed by atoms with E-state index in [-0.39, 0.29) is 11.3 Å². The van der Waals surface area contributed by atoms with Crippen LogP contribution in [0.1, 0.15) is 73.8 Å². The van der Waals surface area contributed by atoms with Gasteiger partial charge in [0.15, 0.2) is 0 Å². The number of aromatic nitrogens is 2. The summed E-state index contributed by atoms with van der Waals surface area (Å²) >= 11 is 0. The topological polar surface area (TPSA) is 58.4 Å². The molecular weight excluding hydrogens is 352 g/mol. The maximum absolute atomic E-state index is 13.2. The second kappa shape index (κ2) is 7.88. The van der Waals surface area contributed by atoms with Crippen molar-refractivity contribution < 1.29 is 9.59 Å². The molecule has 3 aliphatic rings. The molecule has 4 rings (SSSR count). The highest BCUT2D eigenvalue weighted by Gasteiger charge is 2.48. The van der Waals surface area contributed by atoms with E-state index in [1.807, 2.05) is 18.9 Å². The Hall–Kier alpha value is -1.85. The van der Waals surface area contributed by atoms with Crippen LogP contribution < -0.4 is 0 Å². The van der Waals surface area contributed by atoms with Gasteiger partial charge in [-0.1, -0.05) is 19.3 Å². The summed E-state index contributed by atoms with van der Waals surface area (Å²) in [4.78, 5) is 29.9. The number of likely N-dealkylation sites (tertiary alicyclic amines) is 2. The van der Waals surface area contributed by atoms with Crippen LogP contribution in [0, 0.1) is 18.3 Å². The zero-order valence-electron chi connectivity index (χ0n) is 17.5. The molecule has 1 unspecified atom stereocenters. The fourth-order valence-electron chi connectivity index (χ4n) is 5.71. The smallest absolute Gasteiger partial charge is 0.257 e. The molecule has 6 heteroatoms. The number of hydrogen-bond acceptors (Lipinski definition) is 3. The summed E-state index contributed by atoms with van der Waals surface area (Å²) in [6, 6.07) is 0. The average Bonchev–Trinajstić information content (AvgIpc) is 3.42. The summed E-state index contributed by atoms with van der Waals surface area (Å²) in [6.45, 7) is 5.46. The SMILES string of the molecule is Cc1c(C(=O)N2CC(CCC(=O)N3CCCC3)C3(CCCCC3)C2)cnn1C. The first-order valence-electron chi connectivity index (χ1n) is 11.1. The third-order valence-electron chi connectivity index (χ3n) is 7.58. The molecule has 1 aromatic rings. The molecule has 28 heavy (non-hydrogen) atoms. The van der Waals surface area contributed by atoms with Crippen LogP contribution >= 0.6 is 0 Å². The Balaban J connectivity index is 1.47. The van der Waals surface area contributed by atoms with E-state index in [0.717, 1.165) is 56.7 Å². The van der Waals surface area contributed by atoms with Gasteiger partial charge in [0.1, 0.15) is 0 Å². The number of amides is 2. The minimum absolute atomic E-state index is 0.115. The van der Waals surface area contributed by atoms with Crippen LogP contribution in [-0.2, 0) is 11.8 Å². The zero-order chi connectivity index (χ0) is 19.7. The summed E-state index contributed by atoms with van der Waals surface area (Å²) in [7, 11) is 1.88. The molecule has 0 bridgehead atoms. The molecule has 3 heterocycles. The van der Waals surface area contributed by atoms with Gasteiger partial charge >= 0.3 is 0 Å². The van der Waals surface area contributed by atoms with Gasteiger partial charge in [-0.2, -0.15) is 5.10 Å². The number of rotatable bonds is 4. The van der Waals surface area contributed by atoms with Crippen LogP contribution in [0.2, 0.25) is 0 Å². The number of nitrogens with zero attached hydrogens (tertiary/aromatic N) is 4. The van der Waals surface area contributed by atoms with Gasteiger partial charge < -0.3 is 9.80 Å². The van der Waals surface area contributed by atoms with Crippen LogP contribution in [0.15, 0.2) is 6.20 Å². The first-order valence-corrected chi connectivity index (χ1v) is 11.1. The van der Waals surface area contributed by atoms with Gasteiger partial charge in [-0.3, -0.25) is 14.3 Å². The van der Waals surface area contributed by atoms with Gasteiger partial charge in [-0.15, -0.1) is 0 Å². The summed E-state index contributed by atoms with van der Waals surface area (Å²) in [5, 5.41) is 4.25. The van der Waals surface area contributed by atoms with Gasteiger partial charge in [-0.25, -0.2) is 0 Å². The third kappa shape index (κ3) is 3.58. The summed E-state index contributed by atoms with van der Waals surface area (Å²) < 4.78 is 1.77. The highest BCUT2D eigenvalue weighted by molar-refractivity contribution is 5.95. The van der Waals surface area contributed by atoms with Crippen LogP contribution in [0.3, 0.4) is 0 Å². The van der Waals surface area contributed by atoms with Crippen molar-refractivity contribution in [2.75, 3.05) is 26.2 Å². The predicted octanol–water partition coefficient (Wildman–Crippen LogP) is 3.15. The van der Waals surface area contributed by atoms with E-state index >= 15 is 0 Å². The Morgan fingerprint density at radius 3 is 2.46 bits per heavy atom. The molecule has 1 aliphatic carbocycles. The monoisotopic (exact) mass is 386 g/mol. The summed E-state index contributed by atoms with van der Waals surface area (Å²) in [6.07, 6.45) is 11.8. The van der Waals surface area contributed by atoms with E-state index < -0.39 is 0 Å². The molecule has 154 valence electrons. The Labute approximate surface area is 168 Å². The van der Waals surface area contributed by atoms with Gasteiger partial charge in [0, 0.05) is 45.3 Å². The third-order valence-corrected chi connectivity index (χ3v) is 7.58. The first-order chi connectivity index (χ1) is 13.5. The normalized spacial score (nSPS) is 24.3. The highest BCUT2D eigenvalue weighted by atomic mass is 16.2. The van der Waals surface area contributed by atoms with Crippen LogP contribution in [0.5, 0.6) is 0 Å². The molecule has 2 amide bonds. The molecule has 0 aromatic carbocycles. The highest BCUT2D eigenvalue weighted by Crippen LogP contribution is 2.49. The van der Waals surface area contributed by atoms with Crippen molar-refractivity contribution in [3.8, 4) is 0 Å². The van der Waals surface area contributed by atoms with Crippen molar-refractivity contribution in [3.63, 3.8) is 0 Å². The van der Waals surface area contributed by atoms with Crippen molar-refractivity contribution >= 4 is 11.8 Å². The standard InChI is InChI=1S/C22H34N4O2/c1-17-19(14-23-24(17)2)21(28)26-15-18(22(16-26)10-4-3-5-11-22)8-9-20(27)25-12-6-7-13-25/h14,18H,3-13,15-16H2,1-2H3. The van der Waals surface area contributed by atoms with Crippen LogP contribution in [0.25, 0.3) is 0 Å². The lowest BCUT2D eigenvalue weighted by Gasteiger charge is -2.38. The molecule has 1 saturated carbocycles. The van der Waals surface area contributed by atoms with Crippen molar-refractivity contribution in [1.82, 2.24) is 19.6 Å². The van der Waals surface area contributed by atoms with Crippen LogP contribution in [0.4, 0.5) is 0 Å². The number of hydrogen-bond donors (Lipinski definition) is 0. The van der Waals surface area contributed by atoms with E-state index in [1.165, 1.54) is 32.1 Å². The molecule has 0 radical (unpaired) electrons. The molecule has 2 aliphatic heterocycles. The zero-order valence-corrected chi connectivity index (χ0v) is 17.5. The van der Waals surface area contributed by atoms with Crippen molar-refractivity contribution in [1.29, 1.82) is 0 Å².